The Morgan fingerprint density at radius 3 is 2.06 bits per heavy atom. The summed E-state index contributed by atoms with van der Waals surface area (Å²) < 4.78 is 21.9. The van der Waals surface area contributed by atoms with Crippen molar-refractivity contribution in [2.45, 2.75) is 59.5 Å². The van der Waals surface area contributed by atoms with Gasteiger partial charge in [0.1, 0.15) is 0 Å². The van der Waals surface area contributed by atoms with Crippen LogP contribution in [0.5, 0.6) is 0 Å². The SMILES string of the molecule is CCOP(=O)(O)OC(CC)(CC)C(C)CC. The zero-order valence-corrected chi connectivity index (χ0v) is 11.9. The minimum atomic E-state index is -3.91. The van der Waals surface area contributed by atoms with Gasteiger partial charge < -0.3 is 4.89 Å². The van der Waals surface area contributed by atoms with E-state index >= 15 is 0 Å². The van der Waals surface area contributed by atoms with Gasteiger partial charge in [0.25, 0.3) is 0 Å². The molecule has 0 saturated heterocycles. The van der Waals surface area contributed by atoms with Crippen molar-refractivity contribution in [2.24, 2.45) is 5.92 Å². The second-order valence-corrected chi connectivity index (χ2v) is 5.44. The normalized spacial score (nSPS) is 18.1. The Balaban J connectivity index is 4.86. The molecule has 0 aliphatic heterocycles. The molecule has 0 heterocycles. The maximum Gasteiger partial charge on any atom is 0.472 e. The van der Waals surface area contributed by atoms with Crippen molar-refractivity contribution in [1.29, 1.82) is 0 Å². The van der Waals surface area contributed by atoms with E-state index in [2.05, 4.69) is 6.92 Å². The average molecular weight is 252 g/mol. The summed E-state index contributed by atoms with van der Waals surface area (Å²) in [4.78, 5) is 9.57. The number of hydrogen-bond acceptors (Lipinski definition) is 3. The molecular formula is C11H25O4P. The zero-order valence-electron chi connectivity index (χ0n) is 11.0. The fraction of sp³-hybridized carbons (Fsp3) is 1.00. The van der Waals surface area contributed by atoms with Crippen molar-refractivity contribution in [1.82, 2.24) is 0 Å². The first kappa shape index (κ1) is 16.1. The lowest BCUT2D eigenvalue weighted by atomic mass is 9.82. The number of rotatable bonds is 8. The molecule has 2 unspecified atom stereocenters. The summed E-state index contributed by atoms with van der Waals surface area (Å²) in [5, 5.41) is 0. The van der Waals surface area contributed by atoms with Gasteiger partial charge in [0.05, 0.1) is 12.2 Å². The Labute approximate surface area is 99.0 Å². The molecule has 0 aromatic carbocycles. The van der Waals surface area contributed by atoms with Crippen molar-refractivity contribution < 1.29 is 18.5 Å². The Bertz CT molecular complexity index is 238. The minimum Gasteiger partial charge on any atom is -0.302 e. The third kappa shape index (κ3) is 4.17. The van der Waals surface area contributed by atoms with Crippen LogP contribution in [0.2, 0.25) is 0 Å². The monoisotopic (exact) mass is 252 g/mol. The van der Waals surface area contributed by atoms with Gasteiger partial charge in [0, 0.05) is 0 Å². The van der Waals surface area contributed by atoms with Crippen LogP contribution in [0.4, 0.5) is 0 Å². The van der Waals surface area contributed by atoms with Gasteiger partial charge in [-0.05, 0) is 25.7 Å². The van der Waals surface area contributed by atoms with E-state index in [9.17, 15) is 9.46 Å². The van der Waals surface area contributed by atoms with E-state index in [1.807, 2.05) is 20.8 Å². The average Bonchev–Trinajstić information content (AvgIpc) is 2.24. The van der Waals surface area contributed by atoms with E-state index in [1.165, 1.54) is 0 Å². The van der Waals surface area contributed by atoms with Crippen LogP contribution in [0, 0.1) is 5.92 Å². The number of hydrogen-bond donors (Lipinski definition) is 1. The Morgan fingerprint density at radius 2 is 1.75 bits per heavy atom. The molecule has 0 rings (SSSR count). The Morgan fingerprint density at radius 1 is 1.25 bits per heavy atom. The van der Waals surface area contributed by atoms with Gasteiger partial charge in [0.2, 0.25) is 0 Å². The van der Waals surface area contributed by atoms with Gasteiger partial charge in [-0.2, -0.15) is 0 Å². The fourth-order valence-corrected chi connectivity index (χ4v) is 3.23. The van der Waals surface area contributed by atoms with Crippen LogP contribution in [0.3, 0.4) is 0 Å². The molecule has 0 aromatic rings. The van der Waals surface area contributed by atoms with E-state index in [1.54, 1.807) is 6.92 Å². The molecule has 1 N–H and O–H groups in total. The number of phosphoric ester groups is 1. The summed E-state index contributed by atoms with van der Waals surface area (Å²) in [6.07, 6.45) is 2.32. The summed E-state index contributed by atoms with van der Waals surface area (Å²) in [6, 6.07) is 0. The molecule has 0 aromatic heterocycles. The second kappa shape index (κ2) is 6.75. The predicted molar refractivity (Wildman–Crippen MR) is 65.3 cm³/mol. The summed E-state index contributed by atoms with van der Waals surface area (Å²) in [5.74, 6) is 0.225. The van der Waals surface area contributed by atoms with Gasteiger partial charge in [-0.3, -0.25) is 9.05 Å². The third-order valence-electron chi connectivity index (χ3n) is 3.30. The summed E-state index contributed by atoms with van der Waals surface area (Å²) in [6.45, 7) is 9.89. The van der Waals surface area contributed by atoms with E-state index in [0.29, 0.717) is 12.8 Å². The molecule has 16 heavy (non-hydrogen) atoms. The van der Waals surface area contributed by atoms with Crippen LogP contribution < -0.4 is 0 Å². The molecule has 0 bridgehead atoms. The highest BCUT2D eigenvalue weighted by molar-refractivity contribution is 7.47. The van der Waals surface area contributed by atoms with Crippen molar-refractivity contribution in [3.63, 3.8) is 0 Å². The highest BCUT2D eigenvalue weighted by Gasteiger charge is 2.40. The summed E-state index contributed by atoms with van der Waals surface area (Å²) in [5.41, 5.74) is -0.561. The predicted octanol–water partition coefficient (Wildman–Crippen LogP) is 3.74. The van der Waals surface area contributed by atoms with E-state index in [4.69, 9.17) is 9.05 Å². The molecular weight excluding hydrogens is 227 g/mol. The quantitative estimate of drug-likeness (QED) is 0.668. The molecule has 0 aliphatic rings. The Kier molecular flexibility index (Phi) is 6.80. The summed E-state index contributed by atoms with van der Waals surface area (Å²) in [7, 11) is -3.91. The van der Waals surface area contributed by atoms with E-state index < -0.39 is 13.4 Å². The van der Waals surface area contributed by atoms with Crippen molar-refractivity contribution in [3.05, 3.63) is 0 Å². The Hall–Kier alpha value is 0.110. The molecule has 0 amide bonds. The molecule has 2 atom stereocenters. The molecule has 5 heteroatoms. The van der Waals surface area contributed by atoms with Crippen LogP contribution in [0.1, 0.15) is 53.9 Å². The van der Waals surface area contributed by atoms with E-state index in [0.717, 1.165) is 6.42 Å². The first-order valence-electron chi connectivity index (χ1n) is 6.05. The molecule has 98 valence electrons. The largest absolute Gasteiger partial charge is 0.472 e. The van der Waals surface area contributed by atoms with Crippen molar-refractivity contribution >= 4 is 7.82 Å². The number of phosphoric acid groups is 1. The summed E-state index contributed by atoms with van der Waals surface area (Å²) >= 11 is 0. The zero-order chi connectivity index (χ0) is 12.8. The van der Waals surface area contributed by atoms with Crippen molar-refractivity contribution in [3.8, 4) is 0 Å². The van der Waals surface area contributed by atoms with Gasteiger partial charge in [-0.25, -0.2) is 4.57 Å². The van der Waals surface area contributed by atoms with Crippen LogP contribution >= 0.6 is 7.82 Å². The van der Waals surface area contributed by atoms with Crippen LogP contribution in [-0.4, -0.2) is 17.1 Å². The second-order valence-electron chi connectivity index (χ2n) is 4.06. The van der Waals surface area contributed by atoms with E-state index in [-0.39, 0.29) is 12.5 Å². The molecule has 0 spiro atoms. The lowest BCUT2D eigenvalue weighted by Gasteiger charge is -2.37. The van der Waals surface area contributed by atoms with Gasteiger partial charge in [-0.1, -0.05) is 34.1 Å². The van der Waals surface area contributed by atoms with Crippen LogP contribution in [-0.2, 0) is 13.6 Å². The topological polar surface area (TPSA) is 55.8 Å². The highest BCUT2D eigenvalue weighted by atomic mass is 31.2. The fourth-order valence-electron chi connectivity index (χ4n) is 1.96. The molecule has 0 fully saturated rings. The smallest absolute Gasteiger partial charge is 0.302 e. The van der Waals surface area contributed by atoms with Gasteiger partial charge >= 0.3 is 7.82 Å². The maximum absolute atomic E-state index is 11.7. The molecule has 4 nitrogen and oxygen atoms in total. The standard InChI is InChI=1S/C11H25O4P/c1-6-10(5)11(7-2,8-3)15-16(12,13)14-9-4/h10H,6-9H2,1-5H3,(H,12,13). The minimum absolute atomic E-state index is 0.178. The molecule has 0 radical (unpaired) electrons. The van der Waals surface area contributed by atoms with Gasteiger partial charge in [-0.15, -0.1) is 0 Å². The van der Waals surface area contributed by atoms with Crippen LogP contribution in [0.15, 0.2) is 0 Å². The lowest BCUT2D eigenvalue weighted by molar-refractivity contribution is -0.0255. The highest BCUT2D eigenvalue weighted by Crippen LogP contribution is 2.51. The van der Waals surface area contributed by atoms with Crippen molar-refractivity contribution in [2.75, 3.05) is 6.61 Å². The maximum atomic E-state index is 11.7. The lowest BCUT2D eigenvalue weighted by Crippen LogP contribution is -2.37. The first-order valence-corrected chi connectivity index (χ1v) is 7.55. The third-order valence-corrected chi connectivity index (χ3v) is 4.48. The first-order chi connectivity index (χ1) is 7.37. The van der Waals surface area contributed by atoms with Gasteiger partial charge in [0.15, 0.2) is 0 Å². The van der Waals surface area contributed by atoms with Crippen LogP contribution in [0.25, 0.3) is 0 Å². The molecule has 0 saturated carbocycles. The molecule has 0 aliphatic carbocycles.